The van der Waals surface area contributed by atoms with Gasteiger partial charge in [-0.1, -0.05) is 11.6 Å². The number of allylic oxidation sites excluding steroid dienone is 2. The van der Waals surface area contributed by atoms with Crippen LogP contribution < -0.4 is 19.0 Å². The first-order valence-corrected chi connectivity index (χ1v) is 7.30. The number of aliphatic hydroxyl groups is 1. The van der Waals surface area contributed by atoms with Crippen LogP contribution in [-0.4, -0.2) is 25.1 Å². The quantitative estimate of drug-likeness (QED) is 0.287. The molecule has 7 heteroatoms. The molecule has 1 heterocycles. The zero-order chi connectivity index (χ0) is 18.3. The van der Waals surface area contributed by atoms with Gasteiger partial charge in [-0.05, 0) is 20.8 Å². The molecular weight excluding hydrogens is 503 g/mol. The number of hydrogen-bond acceptors (Lipinski definition) is 4. The van der Waals surface area contributed by atoms with Gasteiger partial charge in [0.25, 0.3) is 0 Å². The van der Waals surface area contributed by atoms with Gasteiger partial charge < -0.3 is 19.1 Å². The molecule has 1 aromatic carbocycles. The van der Waals surface area contributed by atoms with Crippen LogP contribution in [0.4, 0.5) is 0 Å². The van der Waals surface area contributed by atoms with Gasteiger partial charge in [-0.3, -0.25) is 9.78 Å². The summed E-state index contributed by atoms with van der Waals surface area (Å²) < 4.78 is 12.3. The van der Waals surface area contributed by atoms with Crippen LogP contribution in [0.2, 0.25) is 0 Å². The largest absolute Gasteiger partial charge is 2.00 e. The van der Waals surface area contributed by atoms with E-state index in [9.17, 15) is 4.79 Å². The number of methoxy groups -OCH3 is 2. The minimum atomic E-state index is -0.0787. The second-order valence-electron chi connectivity index (χ2n) is 5.11. The van der Waals surface area contributed by atoms with E-state index < -0.39 is 0 Å². The number of Topliss-reactive ketones (excluding diaryl/α,β-unsaturated/α-hetero) is 1. The molecule has 0 aliphatic carbocycles. The number of carbonyl (C=O) groups is 1. The molecule has 0 fully saturated rings. The van der Waals surface area contributed by atoms with E-state index in [1.807, 2.05) is 23.9 Å². The van der Waals surface area contributed by atoms with Gasteiger partial charge in [0.2, 0.25) is 0 Å². The van der Waals surface area contributed by atoms with Crippen LogP contribution in [0.25, 0.3) is 11.4 Å². The second-order valence-corrected chi connectivity index (χ2v) is 5.11. The predicted octanol–water partition coefficient (Wildman–Crippen LogP) is 2.38. The molecule has 138 valence electrons. The third-order valence-corrected chi connectivity index (χ3v) is 3.45. The van der Waals surface area contributed by atoms with Gasteiger partial charge in [-0.25, -0.2) is 0 Å². The first-order chi connectivity index (χ1) is 11.3. The van der Waals surface area contributed by atoms with Crippen molar-refractivity contribution in [2.24, 2.45) is 7.05 Å². The number of imidazole rings is 1. The van der Waals surface area contributed by atoms with E-state index in [1.54, 1.807) is 33.4 Å². The molecule has 0 atom stereocenters. The molecule has 2 rings (SSSR count). The van der Waals surface area contributed by atoms with Crippen LogP contribution in [-0.2, 0) is 32.9 Å². The minimum absolute atomic E-state index is 0. The van der Waals surface area contributed by atoms with Gasteiger partial charge >= 0.3 is 21.1 Å². The van der Waals surface area contributed by atoms with Crippen molar-refractivity contribution in [1.29, 1.82) is 0 Å². The molecule has 0 saturated carbocycles. The molecule has 0 bridgehead atoms. The van der Waals surface area contributed by atoms with Gasteiger partial charge in [0.1, 0.15) is 0 Å². The fraction of sp³-hybridized carbons (Fsp3) is 0.333. The van der Waals surface area contributed by atoms with Crippen molar-refractivity contribution in [3.05, 3.63) is 41.9 Å². The Hall–Kier alpha value is -2.07. The topological polar surface area (TPSA) is 73.7 Å². The van der Waals surface area contributed by atoms with Crippen LogP contribution in [0.5, 0.6) is 11.5 Å². The summed E-state index contributed by atoms with van der Waals surface area (Å²) in [6, 6.07) is 6.71. The minimum Gasteiger partial charge on any atom is -0.540 e. The van der Waals surface area contributed by atoms with Crippen molar-refractivity contribution >= 4 is 5.78 Å². The summed E-state index contributed by atoms with van der Waals surface area (Å²) in [5, 5.41) is 8.65. The number of aryl methyl sites for hydroxylation is 1. The Kier molecular flexibility index (Phi) is 9.83. The standard InChI is InChI=1S/C12H13N2O2.C6H10O2.Pt/c1-14-7-6-13-12(14)10-5-4-9(15-2)8-11(10)16-3;1-4(5(2)7)6(3)8;/h4,6-8H,1-3H3;7H,1-3H3;/q-1;;+2/b;5-4-;. The molecule has 0 unspecified atom stereocenters. The molecule has 2 aromatic rings. The number of aliphatic hydroxyl groups excluding tert-OH is 1. The average molecular weight is 526 g/mol. The Bertz CT molecular complexity index is 734. The van der Waals surface area contributed by atoms with Crippen molar-refractivity contribution in [3.8, 4) is 22.9 Å². The third kappa shape index (κ3) is 6.39. The van der Waals surface area contributed by atoms with E-state index in [0.717, 1.165) is 17.1 Å². The Morgan fingerprint density at radius 2 is 1.88 bits per heavy atom. The average Bonchev–Trinajstić information content (AvgIpc) is 2.99. The monoisotopic (exact) mass is 526 g/mol. The Morgan fingerprint density at radius 1 is 1.24 bits per heavy atom. The Labute approximate surface area is 162 Å². The normalized spacial score (nSPS) is 10.6. The van der Waals surface area contributed by atoms with E-state index in [1.165, 1.54) is 13.8 Å². The molecule has 6 nitrogen and oxygen atoms in total. The van der Waals surface area contributed by atoms with Gasteiger partial charge in [-0.2, -0.15) is 0 Å². The summed E-state index contributed by atoms with van der Waals surface area (Å²) in [5.74, 6) is 2.27. The van der Waals surface area contributed by atoms with Gasteiger partial charge in [0.15, 0.2) is 5.78 Å². The van der Waals surface area contributed by atoms with E-state index in [-0.39, 0.29) is 32.6 Å². The van der Waals surface area contributed by atoms with Gasteiger partial charge in [0.05, 0.1) is 25.8 Å². The summed E-state index contributed by atoms with van der Waals surface area (Å²) >= 11 is 0. The van der Waals surface area contributed by atoms with Crippen molar-refractivity contribution in [2.75, 3.05) is 14.2 Å². The third-order valence-electron chi connectivity index (χ3n) is 3.45. The number of aromatic nitrogens is 2. The molecule has 1 aromatic heterocycles. The molecule has 0 spiro atoms. The maximum Gasteiger partial charge on any atom is 2.00 e. The summed E-state index contributed by atoms with van der Waals surface area (Å²) in [5.41, 5.74) is 1.26. The zero-order valence-electron chi connectivity index (χ0n) is 15.2. The van der Waals surface area contributed by atoms with E-state index in [0.29, 0.717) is 11.3 Å². The van der Waals surface area contributed by atoms with Crippen molar-refractivity contribution in [2.45, 2.75) is 20.8 Å². The predicted molar refractivity (Wildman–Crippen MR) is 90.0 cm³/mol. The van der Waals surface area contributed by atoms with Crippen molar-refractivity contribution in [3.63, 3.8) is 0 Å². The van der Waals surface area contributed by atoms with Crippen LogP contribution in [0, 0.1) is 6.07 Å². The molecule has 0 aliphatic heterocycles. The summed E-state index contributed by atoms with van der Waals surface area (Å²) in [4.78, 5) is 14.6. The van der Waals surface area contributed by atoms with Gasteiger partial charge in [0, 0.05) is 36.5 Å². The number of rotatable bonds is 4. The molecule has 0 aliphatic rings. The van der Waals surface area contributed by atoms with Crippen molar-refractivity contribution < 1.29 is 45.0 Å². The Morgan fingerprint density at radius 3 is 2.24 bits per heavy atom. The molecule has 0 amide bonds. The fourth-order valence-electron chi connectivity index (χ4n) is 1.77. The molecule has 25 heavy (non-hydrogen) atoms. The van der Waals surface area contributed by atoms with Crippen LogP contribution >= 0.6 is 0 Å². The van der Waals surface area contributed by atoms with Crippen LogP contribution in [0.15, 0.2) is 35.9 Å². The fourth-order valence-corrected chi connectivity index (χ4v) is 1.77. The molecular formula is C18H23N2O4Pt+. The number of carbonyl (C=O) groups excluding carboxylic acids is 1. The summed E-state index contributed by atoms with van der Waals surface area (Å²) in [6.07, 6.45) is 3.62. The summed E-state index contributed by atoms with van der Waals surface area (Å²) in [6.45, 7) is 4.52. The number of benzene rings is 1. The SMILES string of the molecule is CC(=O)/C(C)=C(/C)O.COc1c[c-]c(-c2[n-]cc[n+]2C)c(OC)c1.[Pt+2]. The van der Waals surface area contributed by atoms with E-state index in [2.05, 4.69) is 11.1 Å². The van der Waals surface area contributed by atoms with E-state index in [4.69, 9.17) is 14.6 Å². The maximum absolute atomic E-state index is 10.4. The first-order valence-electron chi connectivity index (χ1n) is 7.30. The number of nitrogens with zero attached hydrogens (tertiary/aromatic N) is 2. The van der Waals surface area contributed by atoms with E-state index >= 15 is 0 Å². The van der Waals surface area contributed by atoms with Gasteiger partial charge in [-0.15, -0.1) is 12.1 Å². The zero-order valence-corrected chi connectivity index (χ0v) is 17.5. The number of ether oxygens (including phenoxy) is 2. The molecule has 1 N–H and O–H groups in total. The second kappa shape index (κ2) is 10.7. The van der Waals surface area contributed by atoms with Crippen LogP contribution in [0.1, 0.15) is 20.8 Å². The number of ketones is 1. The molecule has 0 saturated heterocycles. The first kappa shape index (κ1) is 22.9. The molecule has 0 radical (unpaired) electrons. The maximum atomic E-state index is 10.4. The van der Waals surface area contributed by atoms with Crippen molar-refractivity contribution in [1.82, 2.24) is 4.98 Å². The summed E-state index contributed by atoms with van der Waals surface area (Å²) in [7, 11) is 5.16. The number of hydrogen-bond donors (Lipinski definition) is 1. The Balaban J connectivity index is 0.000000552. The van der Waals surface area contributed by atoms with Crippen LogP contribution in [0.3, 0.4) is 0 Å². The smallest absolute Gasteiger partial charge is 0.540 e.